The molecule has 1 fully saturated rings. The minimum absolute atomic E-state index is 0.00612. The lowest BCUT2D eigenvalue weighted by atomic mass is 9.73. The number of nitriles is 2. The molecule has 1 aromatic heterocycles. The summed E-state index contributed by atoms with van der Waals surface area (Å²) in [6.07, 6.45) is 1.46. The van der Waals surface area contributed by atoms with Gasteiger partial charge in [0.1, 0.15) is 34.2 Å². The van der Waals surface area contributed by atoms with E-state index in [0.717, 1.165) is 6.07 Å². The summed E-state index contributed by atoms with van der Waals surface area (Å²) in [6, 6.07) is 19.0. The molecular formula is C34H27F2N7O5S. The maximum atomic E-state index is 15.0. The molecular weight excluding hydrogens is 656 g/mol. The number of halogens is 2. The van der Waals surface area contributed by atoms with Crippen molar-refractivity contribution in [2.24, 2.45) is 0 Å². The highest BCUT2D eigenvalue weighted by atomic mass is 32.2. The number of nitrogens with one attached hydrogen (secondary N) is 1. The Balaban J connectivity index is 1.46. The normalized spacial score (nSPS) is 17.6. The second kappa shape index (κ2) is 13.0. The Kier molecular flexibility index (Phi) is 8.73. The third-order valence-electron chi connectivity index (χ3n) is 8.34. The highest BCUT2D eigenvalue weighted by Gasteiger charge is 2.62. The Hall–Kier alpha value is -5.90. The molecule has 3 heterocycles. The smallest absolute Gasteiger partial charge is 0.273 e. The van der Waals surface area contributed by atoms with Crippen molar-refractivity contribution in [1.29, 1.82) is 10.5 Å². The number of hydrogen-bond acceptors (Lipinski definition) is 10. The fourth-order valence-electron chi connectivity index (χ4n) is 6.06. The first kappa shape index (κ1) is 33.0. The van der Waals surface area contributed by atoms with Crippen molar-refractivity contribution in [1.82, 2.24) is 15.4 Å². The molecule has 1 saturated heterocycles. The number of piperazine rings is 1. The van der Waals surface area contributed by atoms with Gasteiger partial charge < -0.3 is 9.64 Å². The largest absolute Gasteiger partial charge is 0.494 e. The van der Waals surface area contributed by atoms with Crippen LogP contribution in [-0.4, -0.2) is 63.0 Å². The number of sulfonamides is 1. The third-order valence-corrected chi connectivity index (χ3v) is 10.1. The highest BCUT2D eigenvalue weighted by molar-refractivity contribution is 7.93. The molecule has 0 radical (unpaired) electrons. The topological polar surface area (TPSA) is 160 Å². The predicted octanol–water partition coefficient (Wildman–Crippen LogP) is 3.38. The van der Waals surface area contributed by atoms with Crippen molar-refractivity contribution in [3.05, 3.63) is 113 Å². The van der Waals surface area contributed by atoms with Gasteiger partial charge in [0.05, 0.1) is 29.5 Å². The van der Waals surface area contributed by atoms with Crippen LogP contribution in [0.2, 0.25) is 0 Å². The van der Waals surface area contributed by atoms with Gasteiger partial charge in [-0.05, 0) is 55.5 Å². The molecule has 49 heavy (non-hydrogen) atoms. The number of hydrogen-bond donors (Lipinski definition) is 1. The quantitative estimate of drug-likeness (QED) is 0.273. The van der Waals surface area contributed by atoms with Crippen molar-refractivity contribution in [3.8, 4) is 17.9 Å². The maximum absolute atomic E-state index is 15.0. The van der Waals surface area contributed by atoms with E-state index < -0.39 is 43.8 Å². The van der Waals surface area contributed by atoms with E-state index in [9.17, 15) is 27.7 Å². The summed E-state index contributed by atoms with van der Waals surface area (Å²) < 4.78 is 63.3. The molecule has 1 unspecified atom stereocenters. The highest BCUT2D eigenvalue weighted by Crippen LogP contribution is 2.51. The molecule has 2 aliphatic heterocycles. The van der Waals surface area contributed by atoms with Crippen molar-refractivity contribution in [2.75, 3.05) is 42.0 Å². The zero-order chi connectivity index (χ0) is 34.9. The first-order valence-corrected chi connectivity index (χ1v) is 16.5. The van der Waals surface area contributed by atoms with E-state index in [4.69, 9.17) is 10.00 Å². The number of fused-ring (bicyclic) bond motifs is 1. The van der Waals surface area contributed by atoms with Crippen LogP contribution in [0.4, 0.5) is 20.3 Å². The van der Waals surface area contributed by atoms with E-state index in [2.05, 4.69) is 10.4 Å². The fourth-order valence-corrected chi connectivity index (χ4v) is 7.57. The van der Waals surface area contributed by atoms with Gasteiger partial charge in [0.25, 0.3) is 21.8 Å². The first-order chi connectivity index (χ1) is 23.6. The van der Waals surface area contributed by atoms with Crippen molar-refractivity contribution >= 4 is 33.3 Å². The maximum Gasteiger partial charge on any atom is 0.273 e. The Labute approximate surface area is 280 Å². The van der Waals surface area contributed by atoms with Gasteiger partial charge in [-0.3, -0.25) is 15.0 Å². The van der Waals surface area contributed by atoms with Crippen LogP contribution >= 0.6 is 0 Å². The number of para-hydroxylation sites is 1. The molecule has 6 rings (SSSR count). The molecule has 15 heteroatoms. The summed E-state index contributed by atoms with van der Waals surface area (Å²) in [4.78, 5) is 35.0. The van der Waals surface area contributed by atoms with Crippen molar-refractivity contribution < 1.29 is 31.5 Å². The molecule has 0 aliphatic carbocycles. The Bertz CT molecular complexity index is 2160. The second-order valence-electron chi connectivity index (χ2n) is 11.1. The third kappa shape index (κ3) is 5.58. The van der Waals surface area contributed by atoms with Crippen LogP contribution in [0, 0.1) is 34.3 Å². The average Bonchev–Trinajstić information content (AvgIpc) is 3.37. The molecule has 0 bridgehead atoms. The van der Waals surface area contributed by atoms with Gasteiger partial charge >= 0.3 is 0 Å². The van der Waals surface area contributed by atoms with Crippen molar-refractivity contribution in [2.45, 2.75) is 17.2 Å². The van der Waals surface area contributed by atoms with Gasteiger partial charge in [0, 0.05) is 49.6 Å². The number of hydrazine groups is 1. The first-order valence-electron chi connectivity index (χ1n) is 15.0. The fraction of sp³-hybridized carbons (Fsp3) is 0.206. The Morgan fingerprint density at radius 3 is 2.33 bits per heavy atom. The number of aromatic nitrogens is 1. The summed E-state index contributed by atoms with van der Waals surface area (Å²) >= 11 is 0. The number of benzene rings is 3. The lowest BCUT2D eigenvalue weighted by Crippen LogP contribution is -2.60. The molecule has 4 aromatic rings. The van der Waals surface area contributed by atoms with Crippen molar-refractivity contribution in [3.63, 3.8) is 0 Å². The zero-order valence-corrected chi connectivity index (χ0v) is 26.7. The van der Waals surface area contributed by atoms with Gasteiger partial charge in [-0.15, -0.1) is 0 Å². The molecule has 2 aliphatic rings. The van der Waals surface area contributed by atoms with Crippen LogP contribution in [0.25, 0.3) is 0 Å². The Morgan fingerprint density at radius 1 is 0.959 bits per heavy atom. The van der Waals surface area contributed by atoms with E-state index in [1.54, 1.807) is 36.2 Å². The number of nitrogens with zero attached hydrogens (tertiary/aromatic N) is 6. The van der Waals surface area contributed by atoms with Gasteiger partial charge in [-0.25, -0.2) is 31.5 Å². The molecule has 0 saturated carbocycles. The lowest BCUT2D eigenvalue weighted by molar-refractivity contribution is -0.136. The predicted molar refractivity (Wildman–Crippen MR) is 171 cm³/mol. The minimum Gasteiger partial charge on any atom is -0.494 e. The monoisotopic (exact) mass is 683 g/mol. The molecule has 2 amide bonds. The van der Waals surface area contributed by atoms with Crippen LogP contribution in [0.1, 0.15) is 29.2 Å². The number of pyridine rings is 1. The van der Waals surface area contributed by atoms with Crippen LogP contribution in [0.5, 0.6) is 5.75 Å². The van der Waals surface area contributed by atoms with Crippen LogP contribution < -0.4 is 19.4 Å². The van der Waals surface area contributed by atoms with E-state index in [0.29, 0.717) is 40.9 Å². The molecule has 1 atom stereocenters. The molecule has 3 aromatic carbocycles. The van der Waals surface area contributed by atoms with Gasteiger partial charge in [0.15, 0.2) is 5.41 Å². The zero-order valence-electron chi connectivity index (χ0n) is 25.9. The number of carbonyl (C=O) groups is 2. The van der Waals surface area contributed by atoms with E-state index in [1.165, 1.54) is 36.5 Å². The molecule has 0 spiro atoms. The number of amides is 2. The van der Waals surface area contributed by atoms with E-state index >= 15 is 4.39 Å². The minimum atomic E-state index is -5.09. The van der Waals surface area contributed by atoms with E-state index in [-0.39, 0.29) is 47.8 Å². The van der Waals surface area contributed by atoms with Gasteiger partial charge in [-0.1, -0.05) is 18.2 Å². The summed E-state index contributed by atoms with van der Waals surface area (Å²) in [7, 11) is -5.09. The molecule has 12 nitrogen and oxygen atoms in total. The second-order valence-corrected chi connectivity index (χ2v) is 12.9. The number of rotatable bonds is 8. The van der Waals surface area contributed by atoms with Crippen LogP contribution in [0.15, 0.2) is 83.9 Å². The van der Waals surface area contributed by atoms with E-state index in [1.807, 2.05) is 17.0 Å². The summed E-state index contributed by atoms with van der Waals surface area (Å²) in [5, 5.41) is 20.5. The number of carbonyl (C=O) groups excluding carboxylic acids is 2. The standard InChI is InChI=1S/C34H27F2N7O5S/c1-2-48-29-6-4-3-5-25(29)34(32(44)40-42-15-13-41(14-16-42)31-12-8-23(20-38)21-39-31)26-17-22(19-37)7-10-28(26)43(33(34)45)49(46,47)30-11-9-24(35)18-27(30)36/h3-12,17-18,21H,2,13-16H2,1H3,(H,40,44). The Morgan fingerprint density at radius 2 is 1.67 bits per heavy atom. The summed E-state index contributed by atoms with van der Waals surface area (Å²) in [5.74, 6) is -3.95. The van der Waals surface area contributed by atoms with Crippen LogP contribution in [-0.2, 0) is 25.0 Å². The molecule has 248 valence electrons. The van der Waals surface area contributed by atoms with Gasteiger partial charge in [-0.2, -0.15) is 10.5 Å². The SMILES string of the molecule is CCOc1ccccc1C1(C(=O)NN2CCN(c3ccc(C#N)cn3)CC2)C(=O)N(S(=O)(=O)c2ccc(F)cc2F)c2ccc(C#N)cc21. The number of ether oxygens (including phenoxy) is 1. The summed E-state index contributed by atoms with van der Waals surface area (Å²) in [5.41, 5.74) is 0.350. The summed E-state index contributed by atoms with van der Waals surface area (Å²) in [6.45, 7) is 3.14. The number of anilines is 2. The van der Waals surface area contributed by atoms with Crippen LogP contribution in [0.3, 0.4) is 0 Å². The van der Waals surface area contributed by atoms with Gasteiger partial charge in [0.2, 0.25) is 0 Å². The average molecular weight is 684 g/mol. The lowest BCUT2D eigenvalue weighted by Gasteiger charge is -2.37. The molecule has 1 N–H and O–H groups in total.